The van der Waals surface area contributed by atoms with E-state index >= 15 is 0 Å². The average molecular weight is 250 g/mol. The maximum absolute atomic E-state index is 5.27. The molecule has 0 aromatic heterocycles. The second kappa shape index (κ2) is 7.48. The van der Waals surface area contributed by atoms with E-state index in [9.17, 15) is 0 Å². The summed E-state index contributed by atoms with van der Waals surface area (Å²) >= 11 is 0. The predicted molar refractivity (Wildman–Crippen MR) is 74.1 cm³/mol. The molecule has 0 heterocycles. The van der Waals surface area contributed by atoms with Crippen molar-refractivity contribution in [2.75, 3.05) is 34.9 Å². The number of nitrogens with zero attached hydrogens (tertiary/aromatic N) is 1. The largest absolute Gasteiger partial charge is 0.493 e. The Bertz CT molecular complexity index is 389. The maximum atomic E-state index is 5.27. The summed E-state index contributed by atoms with van der Waals surface area (Å²) in [5.41, 5.74) is 1.22. The Balaban J connectivity index is 2.48. The molecule has 1 aromatic rings. The van der Waals surface area contributed by atoms with Crippen molar-refractivity contribution in [1.82, 2.24) is 10.2 Å². The quantitative estimate of drug-likeness (QED) is 0.749. The van der Waals surface area contributed by atoms with E-state index in [0.717, 1.165) is 24.5 Å². The molecule has 1 aromatic carbocycles. The van der Waals surface area contributed by atoms with E-state index in [1.54, 1.807) is 14.2 Å². The lowest BCUT2D eigenvalue weighted by Crippen LogP contribution is -2.12. The molecule has 18 heavy (non-hydrogen) atoms. The third kappa shape index (κ3) is 4.57. The minimum atomic E-state index is 0.765. The molecule has 0 aliphatic carbocycles. The molecular formula is C14H22N2O2. The molecule has 100 valence electrons. The minimum absolute atomic E-state index is 0.765. The van der Waals surface area contributed by atoms with E-state index in [0.29, 0.717) is 0 Å². The van der Waals surface area contributed by atoms with Crippen LogP contribution in [0.5, 0.6) is 11.5 Å². The summed E-state index contributed by atoms with van der Waals surface area (Å²) in [7, 11) is 7.28. The SMILES string of the molecule is COc1ccc(CCNC=CN(C)C)cc1OC. The minimum Gasteiger partial charge on any atom is -0.493 e. The summed E-state index contributed by atoms with van der Waals surface area (Å²) in [6.45, 7) is 0.889. The number of nitrogens with one attached hydrogen (secondary N) is 1. The molecule has 0 radical (unpaired) electrons. The van der Waals surface area contributed by atoms with Crippen molar-refractivity contribution in [2.45, 2.75) is 6.42 Å². The highest BCUT2D eigenvalue weighted by Crippen LogP contribution is 2.27. The van der Waals surface area contributed by atoms with Gasteiger partial charge in [-0.15, -0.1) is 0 Å². The van der Waals surface area contributed by atoms with E-state index in [-0.39, 0.29) is 0 Å². The molecule has 0 amide bonds. The van der Waals surface area contributed by atoms with Gasteiger partial charge in [0.1, 0.15) is 0 Å². The van der Waals surface area contributed by atoms with Crippen LogP contribution < -0.4 is 14.8 Å². The number of benzene rings is 1. The number of rotatable bonds is 7. The molecule has 0 spiro atoms. The van der Waals surface area contributed by atoms with Crippen LogP contribution in [0.15, 0.2) is 30.6 Å². The van der Waals surface area contributed by atoms with Gasteiger partial charge >= 0.3 is 0 Å². The van der Waals surface area contributed by atoms with Crippen LogP contribution in [-0.2, 0) is 6.42 Å². The molecule has 4 heteroatoms. The van der Waals surface area contributed by atoms with Gasteiger partial charge in [-0.25, -0.2) is 0 Å². The van der Waals surface area contributed by atoms with Crippen molar-refractivity contribution < 1.29 is 9.47 Å². The zero-order valence-electron chi connectivity index (χ0n) is 11.6. The van der Waals surface area contributed by atoms with E-state index < -0.39 is 0 Å². The highest BCUT2D eigenvalue weighted by molar-refractivity contribution is 5.42. The number of methoxy groups -OCH3 is 2. The second-order valence-electron chi connectivity index (χ2n) is 4.17. The van der Waals surface area contributed by atoms with Crippen LogP contribution in [0, 0.1) is 0 Å². The fourth-order valence-electron chi connectivity index (χ4n) is 1.54. The Morgan fingerprint density at radius 1 is 1.17 bits per heavy atom. The molecule has 0 bridgehead atoms. The van der Waals surface area contributed by atoms with Gasteiger partial charge in [0.05, 0.1) is 14.2 Å². The third-order valence-corrected chi connectivity index (χ3v) is 2.50. The number of hydrogen-bond donors (Lipinski definition) is 1. The van der Waals surface area contributed by atoms with Crippen LogP contribution in [0.3, 0.4) is 0 Å². The van der Waals surface area contributed by atoms with E-state index in [2.05, 4.69) is 11.4 Å². The Hall–Kier alpha value is -1.84. The molecule has 0 saturated heterocycles. The van der Waals surface area contributed by atoms with Gasteiger partial charge in [-0.3, -0.25) is 0 Å². The van der Waals surface area contributed by atoms with Crippen LogP contribution in [0.25, 0.3) is 0 Å². The standard InChI is InChI=1S/C14H22N2O2/c1-16(2)10-9-15-8-7-12-5-6-13(17-3)14(11-12)18-4/h5-6,9-11,15H,7-8H2,1-4H3. The van der Waals surface area contributed by atoms with E-state index in [1.165, 1.54) is 5.56 Å². The first-order valence-electron chi connectivity index (χ1n) is 5.94. The fraction of sp³-hybridized carbons (Fsp3) is 0.429. The van der Waals surface area contributed by atoms with Crippen LogP contribution in [0.1, 0.15) is 5.56 Å². The molecule has 1 N–H and O–H groups in total. The van der Waals surface area contributed by atoms with E-state index in [1.807, 2.05) is 43.5 Å². The molecule has 0 fully saturated rings. The monoisotopic (exact) mass is 250 g/mol. The summed E-state index contributed by atoms with van der Waals surface area (Å²) in [6.07, 6.45) is 4.87. The van der Waals surface area contributed by atoms with E-state index in [4.69, 9.17) is 9.47 Å². The Kier molecular flexibility index (Phi) is 5.91. The summed E-state index contributed by atoms with van der Waals surface area (Å²) < 4.78 is 10.5. The predicted octanol–water partition coefficient (Wildman–Crippen LogP) is 1.87. The normalized spacial score (nSPS) is 10.4. The third-order valence-electron chi connectivity index (χ3n) is 2.50. The van der Waals surface area contributed by atoms with Crippen LogP contribution in [0.4, 0.5) is 0 Å². The van der Waals surface area contributed by atoms with Gasteiger partial charge in [0.15, 0.2) is 11.5 Å². The summed E-state index contributed by atoms with van der Waals surface area (Å²) in [5.74, 6) is 1.54. The molecule has 0 aliphatic heterocycles. The molecule has 0 atom stereocenters. The first kappa shape index (κ1) is 14.2. The van der Waals surface area contributed by atoms with Gasteiger partial charge in [-0.05, 0) is 24.1 Å². The molecule has 0 unspecified atom stereocenters. The maximum Gasteiger partial charge on any atom is 0.160 e. The van der Waals surface area contributed by atoms with Gasteiger partial charge in [0.2, 0.25) is 0 Å². The Morgan fingerprint density at radius 3 is 2.50 bits per heavy atom. The summed E-state index contributed by atoms with van der Waals surface area (Å²) in [5, 5.41) is 3.24. The molecule has 4 nitrogen and oxygen atoms in total. The fourth-order valence-corrected chi connectivity index (χ4v) is 1.54. The highest BCUT2D eigenvalue weighted by Gasteiger charge is 2.03. The summed E-state index contributed by atoms with van der Waals surface area (Å²) in [4.78, 5) is 1.99. The van der Waals surface area contributed by atoms with Gasteiger partial charge < -0.3 is 19.7 Å². The number of ether oxygens (including phenoxy) is 2. The van der Waals surface area contributed by atoms with Crippen LogP contribution in [0.2, 0.25) is 0 Å². The lowest BCUT2D eigenvalue weighted by molar-refractivity contribution is 0.354. The summed E-state index contributed by atoms with van der Waals surface area (Å²) in [6, 6.07) is 6.00. The van der Waals surface area contributed by atoms with Crippen molar-refractivity contribution in [1.29, 1.82) is 0 Å². The second-order valence-corrected chi connectivity index (χ2v) is 4.17. The Morgan fingerprint density at radius 2 is 1.89 bits per heavy atom. The molecule has 0 saturated carbocycles. The van der Waals surface area contributed by atoms with Crippen molar-refractivity contribution in [3.63, 3.8) is 0 Å². The lowest BCUT2D eigenvalue weighted by Gasteiger charge is -2.09. The van der Waals surface area contributed by atoms with Gasteiger partial charge in [-0.2, -0.15) is 0 Å². The van der Waals surface area contributed by atoms with Gasteiger partial charge in [0.25, 0.3) is 0 Å². The molecule has 1 rings (SSSR count). The average Bonchev–Trinajstić information content (AvgIpc) is 2.37. The molecular weight excluding hydrogens is 228 g/mol. The van der Waals surface area contributed by atoms with Crippen molar-refractivity contribution in [3.8, 4) is 11.5 Å². The Labute approximate surface area is 109 Å². The van der Waals surface area contributed by atoms with Gasteiger partial charge in [0, 0.05) is 33.0 Å². The molecule has 0 aliphatic rings. The van der Waals surface area contributed by atoms with Crippen LogP contribution >= 0.6 is 0 Å². The highest BCUT2D eigenvalue weighted by atomic mass is 16.5. The van der Waals surface area contributed by atoms with Crippen LogP contribution in [-0.4, -0.2) is 39.8 Å². The van der Waals surface area contributed by atoms with Crippen molar-refractivity contribution in [2.24, 2.45) is 0 Å². The number of hydrogen-bond acceptors (Lipinski definition) is 4. The first-order valence-corrected chi connectivity index (χ1v) is 5.94. The van der Waals surface area contributed by atoms with Gasteiger partial charge in [-0.1, -0.05) is 6.07 Å². The first-order chi connectivity index (χ1) is 8.67. The van der Waals surface area contributed by atoms with Crippen molar-refractivity contribution in [3.05, 3.63) is 36.2 Å². The zero-order valence-corrected chi connectivity index (χ0v) is 11.6. The zero-order chi connectivity index (χ0) is 13.4. The smallest absolute Gasteiger partial charge is 0.160 e. The lowest BCUT2D eigenvalue weighted by atomic mass is 10.1. The van der Waals surface area contributed by atoms with Crippen molar-refractivity contribution >= 4 is 0 Å². The topological polar surface area (TPSA) is 33.7 Å².